The van der Waals surface area contributed by atoms with Crippen LogP contribution in [0.1, 0.15) is 11.3 Å². The molecule has 3 aromatic heterocycles. The van der Waals surface area contributed by atoms with Gasteiger partial charge in [0.05, 0.1) is 5.69 Å². The Morgan fingerprint density at radius 2 is 2.08 bits per heavy atom. The maximum atomic E-state index is 5.99. The first-order valence-corrected chi connectivity index (χ1v) is 8.70. The molecule has 0 saturated heterocycles. The number of hydrogen-bond donors (Lipinski definition) is 0. The second-order valence-corrected chi connectivity index (χ2v) is 6.74. The van der Waals surface area contributed by atoms with Gasteiger partial charge >= 0.3 is 0 Å². The van der Waals surface area contributed by atoms with E-state index in [0.717, 1.165) is 16.9 Å². The summed E-state index contributed by atoms with van der Waals surface area (Å²) in [6.45, 7) is 2.06. The summed E-state index contributed by atoms with van der Waals surface area (Å²) < 4.78 is 7.71. The third-order valence-electron chi connectivity index (χ3n) is 3.47. The van der Waals surface area contributed by atoms with Gasteiger partial charge < -0.3 is 8.82 Å². The molecule has 3 heterocycles. The Hall–Kier alpha value is -2.31. The fourth-order valence-electron chi connectivity index (χ4n) is 2.37. The van der Waals surface area contributed by atoms with Crippen LogP contribution < -0.4 is 0 Å². The minimum atomic E-state index is 0.464. The average Bonchev–Trinajstić information content (AvgIpc) is 3.19. The highest BCUT2D eigenvalue weighted by Crippen LogP contribution is 2.26. The van der Waals surface area contributed by atoms with Crippen molar-refractivity contribution in [3.05, 3.63) is 65.1 Å². The molecule has 0 N–H and O–H groups in total. The molecule has 5 nitrogen and oxygen atoms in total. The van der Waals surface area contributed by atoms with Crippen LogP contribution in [0.5, 0.6) is 0 Å². The summed E-state index contributed by atoms with van der Waals surface area (Å²) in [5.74, 6) is 1.13. The monoisotopic (exact) mass is 356 g/mol. The van der Waals surface area contributed by atoms with Crippen molar-refractivity contribution in [3.8, 4) is 11.5 Å². The number of fused-ring (bicyclic) bond motifs is 1. The van der Waals surface area contributed by atoms with E-state index in [1.165, 1.54) is 17.3 Å². The number of thioether (sulfide) groups is 1. The lowest BCUT2D eigenvalue weighted by Crippen LogP contribution is -1.82. The molecule has 0 saturated carbocycles. The molecule has 0 amide bonds. The summed E-state index contributed by atoms with van der Waals surface area (Å²) >= 11 is 7.45. The van der Waals surface area contributed by atoms with Gasteiger partial charge in [0.15, 0.2) is 0 Å². The van der Waals surface area contributed by atoms with Crippen LogP contribution in [0.2, 0.25) is 5.02 Å². The lowest BCUT2D eigenvalue weighted by Gasteiger charge is -1.95. The highest BCUT2D eigenvalue weighted by molar-refractivity contribution is 7.98. The molecule has 1 aromatic carbocycles. The van der Waals surface area contributed by atoms with Crippen LogP contribution in [0.4, 0.5) is 0 Å². The number of aromatic nitrogens is 4. The van der Waals surface area contributed by atoms with Gasteiger partial charge in [-0.1, -0.05) is 35.5 Å². The molecule has 4 rings (SSSR count). The van der Waals surface area contributed by atoms with Gasteiger partial charge in [-0.05, 0) is 36.8 Å². The van der Waals surface area contributed by atoms with Crippen LogP contribution in [0.3, 0.4) is 0 Å². The van der Waals surface area contributed by atoms with E-state index in [9.17, 15) is 0 Å². The zero-order valence-corrected chi connectivity index (χ0v) is 14.4. The Bertz CT molecular complexity index is 1010. The maximum absolute atomic E-state index is 5.99. The van der Waals surface area contributed by atoms with Crippen LogP contribution in [-0.4, -0.2) is 19.6 Å². The van der Waals surface area contributed by atoms with Gasteiger partial charge in [-0.2, -0.15) is 0 Å². The number of hydrogen-bond acceptors (Lipinski definition) is 5. The first-order valence-electron chi connectivity index (χ1n) is 7.34. The maximum Gasteiger partial charge on any atom is 0.277 e. The number of halogens is 1. The smallest absolute Gasteiger partial charge is 0.277 e. The van der Waals surface area contributed by atoms with Crippen molar-refractivity contribution >= 4 is 29.0 Å². The SMILES string of the molecule is Cc1ccc2nc(CSc3nnc(-c4cccc(Cl)c4)o3)cn2c1. The molecule has 0 aliphatic carbocycles. The van der Waals surface area contributed by atoms with E-state index in [1.54, 1.807) is 6.07 Å². The summed E-state index contributed by atoms with van der Waals surface area (Å²) in [6.07, 6.45) is 4.07. The number of benzene rings is 1. The van der Waals surface area contributed by atoms with Gasteiger partial charge in [0, 0.05) is 28.7 Å². The summed E-state index contributed by atoms with van der Waals surface area (Å²) in [5, 5.41) is 9.30. The molecule has 0 unspecified atom stereocenters. The second-order valence-electron chi connectivity index (χ2n) is 5.38. The minimum Gasteiger partial charge on any atom is -0.411 e. The quantitative estimate of drug-likeness (QED) is 0.498. The van der Waals surface area contributed by atoms with Crippen LogP contribution in [-0.2, 0) is 5.75 Å². The van der Waals surface area contributed by atoms with Crippen LogP contribution in [0, 0.1) is 6.92 Å². The predicted octanol–water partition coefficient (Wildman–Crippen LogP) is 4.64. The second kappa shape index (κ2) is 6.30. The van der Waals surface area contributed by atoms with Crippen molar-refractivity contribution < 1.29 is 4.42 Å². The van der Waals surface area contributed by atoms with Crippen LogP contribution >= 0.6 is 23.4 Å². The molecule has 0 atom stereocenters. The highest BCUT2D eigenvalue weighted by Gasteiger charge is 2.11. The Morgan fingerprint density at radius 3 is 2.96 bits per heavy atom. The van der Waals surface area contributed by atoms with Crippen molar-refractivity contribution in [3.63, 3.8) is 0 Å². The standard InChI is InChI=1S/C17H13ClN4OS/c1-11-5-6-15-19-14(9-22(15)8-11)10-24-17-21-20-16(23-17)12-3-2-4-13(18)7-12/h2-9H,10H2,1H3. The Morgan fingerprint density at radius 1 is 1.17 bits per heavy atom. The van der Waals surface area contributed by atoms with E-state index >= 15 is 0 Å². The molecule has 0 aliphatic heterocycles. The fourth-order valence-corrected chi connectivity index (χ4v) is 3.20. The normalized spacial score (nSPS) is 11.2. The van der Waals surface area contributed by atoms with E-state index in [-0.39, 0.29) is 0 Å². The molecular formula is C17H13ClN4OS. The Balaban J connectivity index is 1.49. The summed E-state index contributed by atoms with van der Waals surface area (Å²) in [5.41, 5.74) is 3.90. The van der Waals surface area contributed by atoms with E-state index in [2.05, 4.69) is 34.4 Å². The van der Waals surface area contributed by atoms with E-state index in [0.29, 0.717) is 21.9 Å². The van der Waals surface area contributed by atoms with Crippen LogP contribution in [0.25, 0.3) is 17.1 Å². The number of rotatable bonds is 4. The molecule has 24 heavy (non-hydrogen) atoms. The van der Waals surface area contributed by atoms with Gasteiger partial charge in [-0.3, -0.25) is 0 Å². The molecule has 0 radical (unpaired) electrons. The fraction of sp³-hybridized carbons (Fsp3) is 0.118. The molecule has 0 spiro atoms. The zero-order valence-electron chi connectivity index (χ0n) is 12.8. The van der Waals surface area contributed by atoms with Crippen molar-refractivity contribution in [2.45, 2.75) is 17.9 Å². The number of pyridine rings is 1. The van der Waals surface area contributed by atoms with Gasteiger partial charge in [-0.15, -0.1) is 10.2 Å². The summed E-state index contributed by atoms with van der Waals surface area (Å²) in [4.78, 5) is 4.58. The van der Waals surface area contributed by atoms with Crippen LogP contribution in [0.15, 0.2) is 58.4 Å². The molecule has 4 aromatic rings. The third-order valence-corrected chi connectivity index (χ3v) is 4.56. The van der Waals surface area contributed by atoms with Gasteiger partial charge in [0.1, 0.15) is 5.65 Å². The number of nitrogens with zero attached hydrogens (tertiary/aromatic N) is 4. The third kappa shape index (κ3) is 3.16. The van der Waals surface area contributed by atoms with Crippen molar-refractivity contribution in [1.82, 2.24) is 19.6 Å². The zero-order chi connectivity index (χ0) is 16.5. The van der Waals surface area contributed by atoms with Gasteiger partial charge in [-0.25, -0.2) is 4.98 Å². The topological polar surface area (TPSA) is 56.2 Å². The van der Waals surface area contributed by atoms with Gasteiger partial charge in [0.2, 0.25) is 5.89 Å². The average molecular weight is 357 g/mol. The molecule has 120 valence electrons. The number of imidazole rings is 1. The first kappa shape index (κ1) is 15.2. The highest BCUT2D eigenvalue weighted by atomic mass is 35.5. The lowest BCUT2D eigenvalue weighted by molar-refractivity contribution is 0.466. The molecule has 0 bridgehead atoms. The molecule has 0 fully saturated rings. The summed E-state index contributed by atoms with van der Waals surface area (Å²) in [6, 6.07) is 11.4. The van der Waals surface area contributed by atoms with E-state index < -0.39 is 0 Å². The summed E-state index contributed by atoms with van der Waals surface area (Å²) in [7, 11) is 0. The number of aryl methyl sites for hydroxylation is 1. The Kier molecular flexibility index (Phi) is 4.00. The van der Waals surface area contributed by atoms with Gasteiger partial charge in [0.25, 0.3) is 5.22 Å². The minimum absolute atomic E-state index is 0.464. The first-order chi connectivity index (χ1) is 11.7. The lowest BCUT2D eigenvalue weighted by atomic mass is 10.2. The Labute approximate surface area is 147 Å². The van der Waals surface area contributed by atoms with E-state index in [4.69, 9.17) is 16.0 Å². The molecule has 7 heteroatoms. The van der Waals surface area contributed by atoms with Crippen molar-refractivity contribution in [2.75, 3.05) is 0 Å². The van der Waals surface area contributed by atoms with E-state index in [1.807, 2.05) is 34.9 Å². The molecular weight excluding hydrogens is 344 g/mol. The molecule has 0 aliphatic rings. The predicted molar refractivity (Wildman–Crippen MR) is 94.2 cm³/mol. The van der Waals surface area contributed by atoms with Crippen molar-refractivity contribution in [1.29, 1.82) is 0 Å². The largest absolute Gasteiger partial charge is 0.411 e. The van der Waals surface area contributed by atoms with Crippen molar-refractivity contribution in [2.24, 2.45) is 0 Å².